The minimum absolute atomic E-state index is 0.00212. The van der Waals surface area contributed by atoms with Crippen LogP contribution in [0.3, 0.4) is 0 Å². The Morgan fingerprint density at radius 1 is 0.879 bits per heavy atom. The van der Waals surface area contributed by atoms with Crippen LogP contribution in [0, 0.1) is 5.92 Å². The van der Waals surface area contributed by atoms with Crippen molar-refractivity contribution < 1.29 is 4.79 Å². The lowest BCUT2D eigenvalue weighted by Gasteiger charge is -2.37. The maximum absolute atomic E-state index is 13.0. The van der Waals surface area contributed by atoms with Gasteiger partial charge in [-0.1, -0.05) is 73.4 Å². The summed E-state index contributed by atoms with van der Waals surface area (Å²) >= 11 is 12.2. The van der Waals surface area contributed by atoms with E-state index in [1.807, 2.05) is 54.6 Å². The molecule has 0 saturated carbocycles. The number of benzene rings is 3. The summed E-state index contributed by atoms with van der Waals surface area (Å²) in [6.07, 6.45) is 0. The number of rotatable bonds is 7. The SMILES string of the molecule is CC(C)[C@@H](CN1CCN(Cc2ccc(Cl)c(Cl)c2)CC1)NC(=O)c1ccc2ccccc2c1. The summed E-state index contributed by atoms with van der Waals surface area (Å²) in [7, 11) is 0. The summed E-state index contributed by atoms with van der Waals surface area (Å²) in [5.41, 5.74) is 1.89. The molecule has 1 saturated heterocycles. The molecular weight excluding hydrogens is 453 g/mol. The highest BCUT2D eigenvalue weighted by Gasteiger charge is 2.24. The number of nitrogens with one attached hydrogen (secondary N) is 1. The van der Waals surface area contributed by atoms with Gasteiger partial charge in [-0.15, -0.1) is 0 Å². The minimum atomic E-state index is -0.00212. The summed E-state index contributed by atoms with van der Waals surface area (Å²) in [6.45, 7) is 10.0. The third-order valence-corrected chi connectivity index (χ3v) is 7.18. The quantitative estimate of drug-likeness (QED) is 0.466. The number of piperazine rings is 1. The van der Waals surface area contributed by atoms with Gasteiger partial charge in [0.25, 0.3) is 5.91 Å². The standard InChI is InChI=1S/C27H31Cl2N3O/c1-19(2)26(30-27(33)23-9-8-21-5-3-4-6-22(21)16-23)18-32-13-11-31(12-14-32)17-20-7-10-24(28)25(29)15-20/h3-10,15-16,19,26H,11-14,17-18H2,1-2H3,(H,30,33)/t26-/m1/s1. The van der Waals surface area contributed by atoms with Crippen LogP contribution in [-0.2, 0) is 6.54 Å². The van der Waals surface area contributed by atoms with Crippen molar-refractivity contribution in [2.24, 2.45) is 5.92 Å². The van der Waals surface area contributed by atoms with Crippen molar-refractivity contribution in [2.45, 2.75) is 26.4 Å². The van der Waals surface area contributed by atoms with Crippen LogP contribution in [0.2, 0.25) is 10.0 Å². The number of carbonyl (C=O) groups is 1. The van der Waals surface area contributed by atoms with E-state index in [1.54, 1.807) is 0 Å². The highest BCUT2D eigenvalue weighted by Crippen LogP contribution is 2.23. The Balaban J connectivity index is 1.31. The van der Waals surface area contributed by atoms with Gasteiger partial charge < -0.3 is 5.32 Å². The Hall–Kier alpha value is -2.11. The molecule has 1 aliphatic heterocycles. The number of fused-ring (bicyclic) bond motifs is 1. The summed E-state index contributed by atoms with van der Waals surface area (Å²) < 4.78 is 0. The first-order valence-electron chi connectivity index (χ1n) is 11.6. The van der Waals surface area contributed by atoms with Crippen LogP contribution < -0.4 is 5.32 Å². The molecule has 0 aromatic heterocycles. The fraction of sp³-hybridized carbons (Fsp3) is 0.370. The number of hydrogen-bond donors (Lipinski definition) is 1. The van der Waals surface area contributed by atoms with E-state index in [-0.39, 0.29) is 11.9 Å². The molecular formula is C27H31Cl2N3O. The third-order valence-electron chi connectivity index (χ3n) is 6.44. The third kappa shape index (κ3) is 6.27. The van der Waals surface area contributed by atoms with Crippen LogP contribution in [0.15, 0.2) is 60.7 Å². The predicted molar refractivity (Wildman–Crippen MR) is 138 cm³/mol. The van der Waals surface area contributed by atoms with Gasteiger partial charge in [-0.05, 0) is 46.5 Å². The van der Waals surface area contributed by atoms with Crippen LogP contribution in [0.5, 0.6) is 0 Å². The Labute approximate surface area is 206 Å². The zero-order valence-corrected chi connectivity index (χ0v) is 20.7. The van der Waals surface area contributed by atoms with E-state index in [2.05, 4.69) is 35.0 Å². The molecule has 1 heterocycles. The Bertz CT molecular complexity index is 1110. The number of amides is 1. The first-order chi connectivity index (χ1) is 15.9. The van der Waals surface area contributed by atoms with Gasteiger partial charge in [0.1, 0.15) is 0 Å². The monoisotopic (exact) mass is 483 g/mol. The Morgan fingerprint density at radius 3 is 2.27 bits per heavy atom. The first kappa shape index (κ1) is 24.0. The van der Waals surface area contributed by atoms with Crippen LogP contribution in [0.25, 0.3) is 10.8 Å². The molecule has 1 fully saturated rings. The molecule has 1 atom stereocenters. The average Bonchev–Trinajstić information content (AvgIpc) is 2.81. The zero-order chi connectivity index (χ0) is 23.4. The molecule has 33 heavy (non-hydrogen) atoms. The average molecular weight is 484 g/mol. The summed E-state index contributed by atoms with van der Waals surface area (Å²) in [4.78, 5) is 17.9. The van der Waals surface area contributed by atoms with E-state index in [4.69, 9.17) is 23.2 Å². The van der Waals surface area contributed by atoms with Crippen molar-refractivity contribution in [3.63, 3.8) is 0 Å². The lowest BCUT2D eigenvalue weighted by atomic mass is 10.0. The fourth-order valence-corrected chi connectivity index (χ4v) is 4.63. The molecule has 174 valence electrons. The molecule has 4 nitrogen and oxygen atoms in total. The van der Waals surface area contributed by atoms with E-state index in [1.165, 1.54) is 5.56 Å². The maximum atomic E-state index is 13.0. The van der Waals surface area contributed by atoms with Crippen LogP contribution in [-0.4, -0.2) is 54.5 Å². The second-order valence-electron chi connectivity index (χ2n) is 9.21. The molecule has 3 aromatic rings. The molecule has 1 N–H and O–H groups in total. The molecule has 0 aliphatic carbocycles. The molecule has 0 radical (unpaired) electrons. The second kappa shape index (κ2) is 10.9. The molecule has 0 unspecified atom stereocenters. The normalized spacial score (nSPS) is 16.3. The van der Waals surface area contributed by atoms with Crippen molar-refractivity contribution in [3.05, 3.63) is 81.8 Å². The number of hydrogen-bond acceptors (Lipinski definition) is 3. The van der Waals surface area contributed by atoms with Gasteiger partial charge in [0.05, 0.1) is 10.0 Å². The van der Waals surface area contributed by atoms with Gasteiger partial charge >= 0.3 is 0 Å². The minimum Gasteiger partial charge on any atom is -0.348 e. The van der Waals surface area contributed by atoms with Gasteiger partial charge in [-0.25, -0.2) is 0 Å². The van der Waals surface area contributed by atoms with Crippen LogP contribution >= 0.6 is 23.2 Å². The van der Waals surface area contributed by atoms with Crippen molar-refractivity contribution in [1.29, 1.82) is 0 Å². The topological polar surface area (TPSA) is 35.6 Å². The first-order valence-corrected chi connectivity index (χ1v) is 12.3. The van der Waals surface area contributed by atoms with Gasteiger partial charge in [0.15, 0.2) is 0 Å². The van der Waals surface area contributed by atoms with Crippen molar-refractivity contribution >= 4 is 39.9 Å². The number of nitrogens with zero attached hydrogens (tertiary/aromatic N) is 2. The van der Waals surface area contributed by atoms with Gasteiger partial charge in [-0.3, -0.25) is 14.6 Å². The van der Waals surface area contributed by atoms with Crippen LogP contribution in [0.1, 0.15) is 29.8 Å². The fourth-order valence-electron chi connectivity index (χ4n) is 4.31. The van der Waals surface area contributed by atoms with Gasteiger partial charge in [0, 0.05) is 50.9 Å². The van der Waals surface area contributed by atoms with E-state index < -0.39 is 0 Å². The summed E-state index contributed by atoms with van der Waals surface area (Å²) in [5, 5.41) is 6.72. The highest BCUT2D eigenvalue weighted by atomic mass is 35.5. The van der Waals surface area contributed by atoms with E-state index in [0.717, 1.165) is 50.0 Å². The maximum Gasteiger partial charge on any atom is 0.251 e. The molecule has 6 heteroatoms. The lowest BCUT2D eigenvalue weighted by molar-refractivity contribution is 0.0862. The van der Waals surface area contributed by atoms with E-state index in [9.17, 15) is 4.79 Å². The van der Waals surface area contributed by atoms with E-state index in [0.29, 0.717) is 21.5 Å². The van der Waals surface area contributed by atoms with Crippen LogP contribution in [0.4, 0.5) is 0 Å². The molecule has 0 bridgehead atoms. The zero-order valence-electron chi connectivity index (χ0n) is 19.2. The summed E-state index contributed by atoms with van der Waals surface area (Å²) in [5.74, 6) is 0.348. The molecule has 4 rings (SSSR count). The molecule has 3 aromatic carbocycles. The Kier molecular flexibility index (Phi) is 7.92. The van der Waals surface area contributed by atoms with Gasteiger partial charge in [0.2, 0.25) is 0 Å². The second-order valence-corrected chi connectivity index (χ2v) is 10.0. The van der Waals surface area contributed by atoms with E-state index >= 15 is 0 Å². The Morgan fingerprint density at radius 2 is 1.58 bits per heavy atom. The van der Waals surface area contributed by atoms with Crippen molar-refractivity contribution in [1.82, 2.24) is 15.1 Å². The van der Waals surface area contributed by atoms with Crippen molar-refractivity contribution in [2.75, 3.05) is 32.7 Å². The summed E-state index contributed by atoms with van der Waals surface area (Å²) in [6, 6.07) is 20.0. The number of halogens is 2. The van der Waals surface area contributed by atoms with Crippen molar-refractivity contribution in [3.8, 4) is 0 Å². The predicted octanol–water partition coefficient (Wildman–Crippen LogP) is 5.72. The molecule has 0 spiro atoms. The van der Waals surface area contributed by atoms with Gasteiger partial charge in [-0.2, -0.15) is 0 Å². The molecule has 1 amide bonds. The highest BCUT2D eigenvalue weighted by molar-refractivity contribution is 6.42. The molecule has 1 aliphatic rings. The smallest absolute Gasteiger partial charge is 0.251 e. The number of carbonyl (C=O) groups excluding carboxylic acids is 1. The largest absolute Gasteiger partial charge is 0.348 e. The lowest BCUT2D eigenvalue weighted by Crippen LogP contribution is -2.52.